The van der Waals surface area contributed by atoms with E-state index in [0.29, 0.717) is 6.42 Å². The van der Waals surface area contributed by atoms with Gasteiger partial charge >= 0.3 is 0 Å². The van der Waals surface area contributed by atoms with E-state index in [-0.39, 0.29) is 0 Å². The molecule has 0 aliphatic heterocycles. The van der Waals surface area contributed by atoms with Gasteiger partial charge in [0.2, 0.25) is 0 Å². The van der Waals surface area contributed by atoms with Gasteiger partial charge in [0.1, 0.15) is 5.75 Å². The molecule has 0 heterocycles. The van der Waals surface area contributed by atoms with Gasteiger partial charge in [0.25, 0.3) is 0 Å². The van der Waals surface area contributed by atoms with Crippen LogP contribution in [-0.4, -0.2) is 12.2 Å². The number of aliphatic hydroxyl groups is 1. The van der Waals surface area contributed by atoms with Crippen molar-refractivity contribution in [1.82, 2.24) is 0 Å². The van der Waals surface area contributed by atoms with Gasteiger partial charge in [-0.2, -0.15) is 0 Å². The average molecular weight is 256 g/mol. The second kappa shape index (κ2) is 5.89. The fraction of sp³-hybridized carbons (Fsp3) is 0.294. The molecule has 2 aromatic rings. The number of benzene rings is 2. The summed E-state index contributed by atoms with van der Waals surface area (Å²) >= 11 is 0. The van der Waals surface area contributed by atoms with Gasteiger partial charge in [0.05, 0.1) is 13.2 Å². The Labute approximate surface area is 114 Å². The molecule has 2 nitrogen and oxygen atoms in total. The van der Waals surface area contributed by atoms with Crippen LogP contribution in [0.1, 0.15) is 28.4 Å². The van der Waals surface area contributed by atoms with Crippen LogP contribution in [0.5, 0.6) is 5.75 Å². The summed E-state index contributed by atoms with van der Waals surface area (Å²) in [4.78, 5) is 0. The van der Waals surface area contributed by atoms with E-state index >= 15 is 0 Å². The standard InChI is InChI=1S/C17H20O2/c1-12-5-4-6-14(9-12)11-16(18)15-10-13(2)7-8-17(15)19-3/h4-10,16,18H,11H2,1-3H3. The van der Waals surface area contributed by atoms with Crippen molar-refractivity contribution in [1.29, 1.82) is 0 Å². The van der Waals surface area contributed by atoms with Gasteiger partial charge in [-0.1, -0.05) is 41.5 Å². The number of rotatable bonds is 4. The molecule has 0 spiro atoms. The van der Waals surface area contributed by atoms with Crippen LogP contribution >= 0.6 is 0 Å². The van der Waals surface area contributed by atoms with Crippen LogP contribution in [0.4, 0.5) is 0 Å². The molecule has 0 fully saturated rings. The first-order valence-electron chi connectivity index (χ1n) is 6.48. The van der Waals surface area contributed by atoms with Gasteiger partial charge in [0.15, 0.2) is 0 Å². The molecule has 0 aliphatic carbocycles. The lowest BCUT2D eigenvalue weighted by Gasteiger charge is -2.16. The van der Waals surface area contributed by atoms with Crippen LogP contribution < -0.4 is 4.74 Å². The van der Waals surface area contributed by atoms with E-state index in [2.05, 4.69) is 19.1 Å². The lowest BCUT2D eigenvalue weighted by atomic mass is 9.98. The third-order valence-electron chi connectivity index (χ3n) is 3.26. The van der Waals surface area contributed by atoms with E-state index in [9.17, 15) is 5.11 Å². The van der Waals surface area contributed by atoms with E-state index < -0.39 is 6.10 Å². The summed E-state index contributed by atoms with van der Waals surface area (Å²) in [5, 5.41) is 10.4. The highest BCUT2D eigenvalue weighted by molar-refractivity contribution is 5.39. The highest BCUT2D eigenvalue weighted by Gasteiger charge is 2.14. The monoisotopic (exact) mass is 256 g/mol. The van der Waals surface area contributed by atoms with Gasteiger partial charge in [-0.25, -0.2) is 0 Å². The first kappa shape index (κ1) is 13.6. The minimum atomic E-state index is -0.545. The molecule has 0 aliphatic rings. The van der Waals surface area contributed by atoms with Gasteiger partial charge in [-0.3, -0.25) is 0 Å². The maximum Gasteiger partial charge on any atom is 0.124 e. The summed E-state index contributed by atoms with van der Waals surface area (Å²) in [6, 6.07) is 14.1. The van der Waals surface area contributed by atoms with Crippen molar-refractivity contribution < 1.29 is 9.84 Å². The molecular weight excluding hydrogens is 236 g/mol. The molecule has 0 radical (unpaired) electrons. The zero-order valence-corrected chi connectivity index (χ0v) is 11.7. The summed E-state index contributed by atoms with van der Waals surface area (Å²) < 4.78 is 5.32. The number of hydrogen-bond donors (Lipinski definition) is 1. The maximum absolute atomic E-state index is 10.4. The first-order chi connectivity index (χ1) is 9.10. The number of methoxy groups -OCH3 is 1. The Morgan fingerprint density at radius 1 is 1.05 bits per heavy atom. The smallest absolute Gasteiger partial charge is 0.124 e. The van der Waals surface area contributed by atoms with E-state index in [4.69, 9.17) is 4.74 Å². The van der Waals surface area contributed by atoms with Crippen LogP contribution in [0.25, 0.3) is 0 Å². The highest BCUT2D eigenvalue weighted by atomic mass is 16.5. The molecule has 0 bridgehead atoms. The zero-order chi connectivity index (χ0) is 13.8. The first-order valence-corrected chi connectivity index (χ1v) is 6.48. The SMILES string of the molecule is COc1ccc(C)cc1C(O)Cc1cccc(C)c1. The number of hydrogen-bond acceptors (Lipinski definition) is 2. The minimum Gasteiger partial charge on any atom is -0.496 e. The molecule has 2 rings (SSSR count). The summed E-state index contributed by atoms with van der Waals surface area (Å²) in [6.45, 7) is 4.07. The Kier molecular flexibility index (Phi) is 4.23. The van der Waals surface area contributed by atoms with Crippen molar-refractivity contribution in [3.8, 4) is 5.75 Å². The van der Waals surface area contributed by atoms with Crippen molar-refractivity contribution >= 4 is 0 Å². The quantitative estimate of drug-likeness (QED) is 0.906. The second-order valence-electron chi connectivity index (χ2n) is 4.95. The Hall–Kier alpha value is -1.80. The van der Waals surface area contributed by atoms with Crippen molar-refractivity contribution in [2.45, 2.75) is 26.4 Å². The van der Waals surface area contributed by atoms with Gasteiger partial charge < -0.3 is 9.84 Å². The summed E-state index contributed by atoms with van der Waals surface area (Å²) in [5.41, 5.74) is 4.32. The Morgan fingerprint density at radius 2 is 1.79 bits per heavy atom. The third-order valence-corrected chi connectivity index (χ3v) is 3.26. The highest BCUT2D eigenvalue weighted by Crippen LogP contribution is 2.28. The van der Waals surface area contributed by atoms with E-state index in [1.165, 1.54) is 5.56 Å². The van der Waals surface area contributed by atoms with Gasteiger partial charge in [-0.15, -0.1) is 0 Å². The van der Waals surface area contributed by atoms with Crippen molar-refractivity contribution in [3.05, 3.63) is 64.7 Å². The number of aryl methyl sites for hydroxylation is 2. The van der Waals surface area contributed by atoms with E-state index in [0.717, 1.165) is 22.4 Å². The lowest BCUT2D eigenvalue weighted by Crippen LogP contribution is -2.04. The van der Waals surface area contributed by atoms with Crippen molar-refractivity contribution in [2.24, 2.45) is 0 Å². The molecule has 0 aromatic heterocycles. The zero-order valence-electron chi connectivity index (χ0n) is 11.7. The predicted molar refractivity (Wildman–Crippen MR) is 77.6 cm³/mol. The van der Waals surface area contributed by atoms with Gasteiger partial charge in [0, 0.05) is 12.0 Å². The average Bonchev–Trinajstić information content (AvgIpc) is 2.38. The number of aliphatic hydroxyl groups excluding tert-OH is 1. The molecule has 100 valence electrons. The van der Waals surface area contributed by atoms with Crippen molar-refractivity contribution in [3.63, 3.8) is 0 Å². The minimum absolute atomic E-state index is 0.545. The van der Waals surface area contributed by atoms with Crippen LogP contribution in [0.2, 0.25) is 0 Å². The lowest BCUT2D eigenvalue weighted by molar-refractivity contribution is 0.174. The molecule has 1 N–H and O–H groups in total. The molecule has 0 saturated heterocycles. The van der Waals surface area contributed by atoms with Crippen LogP contribution in [0, 0.1) is 13.8 Å². The van der Waals surface area contributed by atoms with Crippen LogP contribution in [0.3, 0.4) is 0 Å². The summed E-state index contributed by atoms with van der Waals surface area (Å²) in [5.74, 6) is 0.741. The number of ether oxygens (including phenoxy) is 1. The molecule has 1 unspecified atom stereocenters. The summed E-state index contributed by atoms with van der Waals surface area (Å²) in [6.07, 6.45) is 0.0539. The largest absolute Gasteiger partial charge is 0.496 e. The normalized spacial score (nSPS) is 12.2. The van der Waals surface area contributed by atoms with Crippen LogP contribution in [-0.2, 0) is 6.42 Å². The summed E-state index contributed by atoms with van der Waals surface area (Å²) in [7, 11) is 1.63. The predicted octanol–water partition coefficient (Wildman–Crippen LogP) is 3.59. The molecule has 2 heteroatoms. The second-order valence-corrected chi connectivity index (χ2v) is 4.95. The fourth-order valence-corrected chi connectivity index (χ4v) is 2.29. The van der Waals surface area contributed by atoms with E-state index in [1.807, 2.05) is 37.3 Å². The maximum atomic E-state index is 10.4. The fourth-order valence-electron chi connectivity index (χ4n) is 2.29. The van der Waals surface area contributed by atoms with Crippen molar-refractivity contribution in [2.75, 3.05) is 7.11 Å². The Bertz CT molecular complexity index is 561. The molecule has 0 amide bonds. The molecule has 1 atom stereocenters. The Morgan fingerprint density at radius 3 is 2.47 bits per heavy atom. The molecule has 2 aromatic carbocycles. The molecule has 0 saturated carbocycles. The van der Waals surface area contributed by atoms with Gasteiger partial charge in [-0.05, 0) is 31.5 Å². The van der Waals surface area contributed by atoms with E-state index in [1.54, 1.807) is 7.11 Å². The van der Waals surface area contributed by atoms with Crippen LogP contribution in [0.15, 0.2) is 42.5 Å². The molecular formula is C17H20O2. The Balaban J connectivity index is 2.24. The third kappa shape index (κ3) is 3.36. The molecule has 19 heavy (non-hydrogen) atoms. The topological polar surface area (TPSA) is 29.5 Å².